The highest BCUT2D eigenvalue weighted by molar-refractivity contribution is 5.68. The monoisotopic (exact) mass is 247 g/mol. The standard InChI is InChI=1S/C11H21NO5/c1-11(2,3)17-10(13)12-8(14-4)6-16-7-9(12)15-5/h8-9H,6-7H2,1-5H3. The molecule has 0 aromatic rings. The summed E-state index contributed by atoms with van der Waals surface area (Å²) in [6, 6.07) is 0. The molecule has 2 atom stereocenters. The number of carbonyl (C=O) groups is 1. The summed E-state index contributed by atoms with van der Waals surface area (Å²) < 4.78 is 21.0. The molecule has 1 aliphatic rings. The summed E-state index contributed by atoms with van der Waals surface area (Å²) in [5.41, 5.74) is -0.550. The van der Waals surface area contributed by atoms with Crippen LogP contribution >= 0.6 is 0 Å². The molecule has 0 aromatic heterocycles. The van der Waals surface area contributed by atoms with Gasteiger partial charge in [-0.05, 0) is 20.8 Å². The minimum atomic E-state index is -0.550. The summed E-state index contributed by atoms with van der Waals surface area (Å²) in [6.07, 6.45) is -1.42. The minimum Gasteiger partial charge on any atom is -0.444 e. The van der Waals surface area contributed by atoms with E-state index in [4.69, 9.17) is 18.9 Å². The van der Waals surface area contributed by atoms with Crippen LogP contribution in [0.15, 0.2) is 0 Å². The van der Waals surface area contributed by atoms with Gasteiger partial charge in [-0.2, -0.15) is 0 Å². The first kappa shape index (κ1) is 14.2. The van der Waals surface area contributed by atoms with Crippen LogP contribution in [0.5, 0.6) is 0 Å². The average Bonchev–Trinajstić information content (AvgIpc) is 2.25. The van der Waals surface area contributed by atoms with Crippen LogP contribution in [-0.2, 0) is 18.9 Å². The predicted octanol–water partition coefficient (Wildman–Crippen LogP) is 1.20. The SMILES string of the molecule is COC1COCC(OC)N1C(=O)OC(C)(C)C. The second-order valence-electron chi connectivity index (χ2n) is 4.81. The first-order valence-corrected chi connectivity index (χ1v) is 5.53. The van der Waals surface area contributed by atoms with Crippen LogP contribution in [0.2, 0.25) is 0 Å². The van der Waals surface area contributed by atoms with Gasteiger partial charge in [-0.3, -0.25) is 4.90 Å². The molecule has 1 heterocycles. The van der Waals surface area contributed by atoms with Crippen molar-refractivity contribution in [3.05, 3.63) is 0 Å². The summed E-state index contributed by atoms with van der Waals surface area (Å²) in [6.45, 7) is 6.07. The number of morpholine rings is 1. The van der Waals surface area contributed by atoms with E-state index in [1.54, 1.807) is 0 Å². The molecule has 0 N–H and O–H groups in total. The molecule has 1 fully saturated rings. The van der Waals surface area contributed by atoms with Crippen LogP contribution in [0.1, 0.15) is 20.8 Å². The van der Waals surface area contributed by atoms with Crippen molar-refractivity contribution >= 4 is 6.09 Å². The van der Waals surface area contributed by atoms with Crippen LogP contribution in [0.4, 0.5) is 4.79 Å². The van der Waals surface area contributed by atoms with Crippen LogP contribution in [0, 0.1) is 0 Å². The fourth-order valence-corrected chi connectivity index (χ4v) is 1.53. The van der Waals surface area contributed by atoms with E-state index in [0.717, 1.165) is 0 Å². The molecule has 17 heavy (non-hydrogen) atoms. The van der Waals surface area contributed by atoms with Gasteiger partial charge in [0, 0.05) is 14.2 Å². The zero-order chi connectivity index (χ0) is 13.1. The van der Waals surface area contributed by atoms with Crippen LogP contribution in [-0.4, -0.2) is 56.5 Å². The third-order valence-corrected chi connectivity index (χ3v) is 2.29. The first-order chi connectivity index (χ1) is 7.89. The van der Waals surface area contributed by atoms with Crippen molar-refractivity contribution in [2.75, 3.05) is 27.4 Å². The zero-order valence-electron chi connectivity index (χ0n) is 11.1. The second kappa shape index (κ2) is 5.66. The molecule has 2 unspecified atom stereocenters. The first-order valence-electron chi connectivity index (χ1n) is 5.53. The Morgan fingerprint density at radius 3 is 2.00 bits per heavy atom. The maximum absolute atomic E-state index is 12.0. The summed E-state index contributed by atoms with van der Waals surface area (Å²) in [7, 11) is 3.03. The van der Waals surface area contributed by atoms with Gasteiger partial charge < -0.3 is 18.9 Å². The smallest absolute Gasteiger partial charge is 0.414 e. The highest BCUT2D eigenvalue weighted by Crippen LogP contribution is 2.19. The predicted molar refractivity (Wildman–Crippen MR) is 60.5 cm³/mol. The van der Waals surface area contributed by atoms with Gasteiger partial charge in [0.15, 0.2) is 12.5 Å². The van der Waals surface area contributed by atoms with Crippen LogP contribution in [0.3, 0.4) is 0 Å². The van der Waals surface area contributed by atoms with E-state index in [1.165, 1.54) is 19.1 Å². The molecule has 1 amide bonds. The lowest BCUT2D eigenvalue weighted by molar-refractivity contribution is -0.202. The van der Waals surface area contributed by atoms with Gasteiger partial charge in [0.2, 0.25) is 0 Å². The minimum absolute atomic E-state index is 0.315. The molecular weight excluding hydrogens is 226 g/mol. The Balaban J connectivity index is 2.76. The molecule has 0 bridgehead atoms. The molecule has 0 aromatic carbocycles. The Bertz CT molecular complexity index is 251. The molecule has 0 aliphatic carbocycles. The van der Waals surface area contributed by atoms with Crippen molar-refractivity contribution in [1.29, 1.82) is 0 Å². The van der Waals surface area contributed by atoms with Crippen molar-refractivity contribution < 1.29 is 23.7 Å². The third-order valence-electron chi connectivity index (χ3n) is 2.29. The highest BCUT2D eigenvalue weighted by atomic mass is 16.6. The van der Waals surface area contributed by atoms with Gasteiger partial charge in [0.05, 0.1) is 13.2 Å². The van der Waals surface area contributed by atoms with E-state index in [1.807, 2.05) is 20.8 Å². The quantitative estimate of drug-likeness (QED) is 0.734. The largest absolute Gasteiger partial charge is 0.444 e. The molecular formula is C11H21NO5. The average molecular weight is 247 g/mol. The van der Waals surface area contributed by atoms with E-state index < -0.39 is 24.2 Å². The molecule has 0 saturated carbocycles. The number of hydrogen-bond donors (Lipinski definition) is 0. The van der Waals surface area contributed by atoms with Crippen molar-refractivity contribution in [1.82, 2.24) is 4.90 Å². The maximum atomic E-state index is 12.0. The number of hydrogen-bond acceptors (Lipinski definition) is 5. The van der Waals surface area contributed by atoms with Crippen LogP contribution in [0.25, 0.3) is 0 Å². The van der Waals surface area contributed by atoms with Crippen molar-refractivity contribution in [3.63, 3.8) is 0 Å². The summed E-state index contributed by atoms with van der Waals surface area (Å²) >= 11 is 0. The van der Waals surface area contributed by atoms with Crippen molar-refractivity contribution in [2.45, 2.75) is 38.8 Å². The Hall–Kier alpha value is -0.850. The van der Waals surface area contributed by atoms with E-state index in [9.17, 15) is 4.79 Å². The second-order valence-corrected chi connectivity index (χ2v) is 4.81. The van der Waals surface area contributed by atoms with Crippen molar-refractivity contribution in [2.24, 2.45) is 0 Å². The van der Waals surface area contributed by atoms with E-state index in [2.05, 4.69) is 0 Å². The Morgan fingerprint density at radius 2 is 1.65 bits per heavy atom. The summed E-state index contributed by atoms with van der Waals surface area (Å²) in [5.74, 6) is 0. The Kier molecular flexibility index (Phi) is 4.73. The van der Waals surface area contributed by atoms with E-state index in [0.29, 0.717) is 13.2 Å². The Morgan fingerprint density at radius 1 is 1.18 bits per heavy atom. The number of methoxy groups -OCH3 is 2. The van der Waals surface area contributed by atoms with Gasteiger partial charge in [-0.1, -0.05) is 0 Å². The van der Waals surface area contributed by atoms with Gasteiger partial charge in [0.1, 0.15) is 5.60 Å². The zero-order valence-corrected chi connectivity index (χ0v) is 11.1. The number of ether oxygens (including phenoxy) is 4. The maximum Gasteiger partial charge on any atom is 0.414 e. The summed E-state index contributed by atoms with van der Waals surface area (Å²) in [5, 5.41) is 0. The lowest BCUT2D eigenvalue weighted by Gasteiger charge is -2.40. The molecule has 1 saturated heterocycles. The lowest BCUT2D eigenvalue weighted by Crippen LogP contribution is -2.57. The number of rotatable bonds is 2. The normalized spacial score (nSPS) is 25.8. The van der Waals surface area contributed by atoms with Gasteiger partial charge in [0.25, 0.3) is 0 Å². The van der Waals surface area contributed by atoms with Gasteiger partial charge in [-0.25, -0.2) is 4.79 Å². The van der Waals surface area contributed by atoms with Gasteiger partial charge >= 0.3 is 6.09 Å². The molecule has 1 rings (SSSR count). The fraction of sp³-hybridized carbons (Fsp3) is 0.909. The number of amides is 1. The number of nitrogens with zero attached hydrogens (tertiary/aromatic N) is 1. The molecule has 1 aliphatic heterocycles. The molecule has 6 nitrogen and oxygen atoms in total. The molecule has 100 valence electrons. The number of carbonyl (C=O) groups excluding carboxylic acids is 1. The molecule has 0 radical (unpaired) electrons. The molecule has 6 heteroatoms. The van der Waals surface area contributed by atoms with E-state index in [-0.39, 0.29) is 0 Å². The fourth-order valence-electron chi connectivity index (χ4n) is 1.53. The highest BCUT2D eigenvalue weighted by Gasteiger charge is 2.37. The van der Waals surface area contributed by atoms with Gasteiger partial charge in [-0.15, -0.1) is 0 Å². The summed E-state index contributed by atoms with van der Waals surface area (Å²) in [4.78, 5) is 13.5. The van der Waals surface area contributed by atoms with Crippen LogP contribution < -0.4 is 0 Å². The third kappa shape index (κ3) is 3.83. The van der Waals surface area contributed by atoms with E-state index >= 15 is 0 Å². The molecule has 0 spiro atoms. The van der Waals surface area contributed by atoms with Crippen molar-refractivity contribution in [3.8, 4) is 0 Å². The topological polar surface area (TPSA) is 57.2 Å². The Labute approximate surface area is 102 Å². The lowest BCUT2D eigenvalue weighted by atomic mass is 10.2.